The summed E-state index contributed by atoms with van der Waals surface area (Å²) in [6, 6.07) is 8.40. The van der Waals surface area contributed by atoms with Crippen LogP contribution in [0.15, 0.2) is 24.3 Å². The predicted molar refractivity (Wildman–Crippen MR) is 84.4 cm³/mol. The van der Waals surface area contributed by atoms with Crippen molar-refractivity contribution >= 4 is 0 Å². The normalized spacial score (nSPS) is 13.2. The van der Waals surface area contributed by atoms with Gasteiger partial charge in [0.25, 0.3) is 0 Å². The molecule has 0 spiro atoms. The van der Waals surface area contributed by atoms with Crippen LogP contribution in [0.3, 0.4) is 0 Å². The molecule has 20 heavy (non-hydrogen) atoms. The Morgan fingerprint density at radius 3 is 2.60 bits per heavy atom. The van der Waals surface area contributed by atoms with Gasteiger partial charge in [-0.25, -0.2) is 0 Å². The monoisotopic (exact) mass is 279 g/mol. The number of rotatable bonds is 9. The number of benzene rings is 1. The van der Waals surface area contributed by atoms with Crippen molar-refractivity contribution in [1.82, 2.24) is 5.32 Å². The number of ether oxygens (including phenoxy) is 2. The minimum atomic E-state index is -0.0784. The van der Waals surface area contributed by atoms with Gasteiger partial charge in [0, 0.05) is 0 Å². The Bertz CT molecular complexity index is 390. The van der Waals surface area contributed by atoms with Gasteiger partial charge in [0.1, 0.15) is 5.75 Å². The zero-order chi connectivity index (χ0) is 15.0. The first kappa shape index (κ1) is 17.0. The van der Waals surface area contributed by atoms with E-state index in [0.29, 0.717) is 6.61 Å². The summed E-state index contributed by atoms with van der Waals surface area (Å²) in [5.41, 5.74) is 1.13. The van der Waals surface area contributed by atoms with Crippen LogP contribution in [0, 0.1) is 0 Å². The molecule has 0 aliphatic rings. The van der Waals surface area contributed by atoms with Crippen molar-refractivity contribution in [3.05, 3.63) is 29.8 Å². The summed E-state index contributed by atoms with van der Waals surface area (Å²) < 4.78 is 11.4. The topological polar surface area (TPSA) is 30.5 Å². The quantitative estimate of drug-likeness (QED) is 0.742. The van der Waals surface area contributed by atoms with Crippen LogP contribution in [0.2, 0.25) is 0 Å². The van der Waals surface area contributed by atoms with E-state index < -0.39 is 0 Å². The number of hydrogen-bond acceptors (Lipinski definition) is 3. The summed E-state index contributed by atoms with van der Waals surface area (Å²) in [5, 5.41) is 3.55. The van der Waals surface area contributed by atoms with Crippen molar-refractivity contribution in [2.24, 2.45) is 0 Å². The van der Waals surface area contributed by atoms with Crippen LogP contribution < -0.4 is 10.1 Å². The molecule has 1 aromatic rings. The summed E-state index contributed by atoms with van der Waals surface area (Å²) in [4.78, 5) is 0. The summed E-state index contributed by atoms with van der Waals surface area (Å²) in [7, 11) is 1.70. The molecule has 0 saturated heterocycles. The molecule has 3 heteroatoms. The highest BCUT2D eigenvalue weighted by Crippen LogP contribution is 2.22. The van der Waals surface area contributed by atoms with E-state index in [-0.39, 0.29) is 11.6 Å². The molecule has 1 aromatic carbocycles. The Labute approximate surface area is 123 Å². The van der Waals surface area contributed by atoms with Gasteiger partial charge in [-0.05, 0) is 50.9 Å². The number of methoxy groups -OCH3 is 1. The summed E-state index contributed by atoms with van der Waals surface area (Å²) in [5.74, 6) is 0.889. The van der Waals surface area contributed by atoms with Crippen LogP contribution in [0.25, 0.3) is 0 Å². The van der Waals surface area contributed by atoms with Gasteiger partial charge in [0.05, 0.1) is 25.4 Å². The third-order valence-corrected chi connectivity index (χ3v) is 3.63. The van der Waals surface area contributed by atoms with Crippen molar-refractivity contribution in [1.29, 1.82) is 0 Å². The molecule has 1 atom stereocenters. The van der Waals surface area contributed by atoms with Crippen molar-refractivity contribution in [3.8, 4) is 5.75 Å². The minimum absolute atomic E-state index is 0.0784. The second-order valence-corrected chi connectivity index (χ2v) is 5.71. The third-order valence-electron chi connectivity index (χ3n) is 3.63. The first-order chi connectivity index (χ1) is 9.52. The Morgan fingerprint density at radius 2 is 2.00 bits per heavy atom. The van der Waals surface area contributed by atoms with E-state index in [1.165, 1.54) is 5.56 Å². The zero-order valence-corrected chi connectivity index (χ0v) is 13.5. The highest BCUT2D eigenvalue weighted by molar-refractivity contribution is 5.30. The van der Waals surface area contributed by atoms with Crippen LogP contribution >= 0.6 is 0 Å². The molecule has 0 amide bonds. The fourth-order valence-corrected chi connectivity index (χ4v) is 1.86. The average Bonchev–Trinajstić information content (AvgIpc) is 2.47. The molecular formula is C17H29NO2. The minimum Gasteiger partial charge on any atom is -0.497 e. The van der Waals surface area contributed by atoms with Crippen molar-refractivity contribution in [2.75, 3.05) is 20.3 Å². The molecule has 0 heterocycles. The van der Waals surface area contributed by atoms with E-state index in [4.69, 9.17) is 9.47 Å². The van der Waals surface area contributed by atoms with E-state index >= 15 is 0 Å². The Balaban J connectivity index is 2.76. The molecule has 1 N–H and O–H groups in total. The molecule has 0 aliphatic carbocycles. The smallest absolute Gasteiger partial charge is 0.119 e. The van der Waals surface area contributed by atoms with Crippen molar-refractivity contribution in [3.63, 3.8) is 0 Å². The van der Waals surface area contributed by atoms with Crippen LogP contribution in [0.5, 0.6) is 5.75 Å². The van der Waals surface area contributed by atoms with Crippen LogP contribution in [-0.4, -0.2) is 25.9 Å². The largest absolute Gasteiger partial charge is 0.497 e. The molecule has 0 radical (unpaired) electrons. The Kier molecular flexibility index (Phi) is 7.03. The van der Waals surface area contributed by atoms with Crippen LogP contribution in [0.4, 0.5) is 0 Å². The molecule has 3 nitrogen and oxygen atoms in total. The van der Waals surface area contributed by atoms with Gasteiger partial charge < -0.3 is 14.8 Å². The second-order valence-electron chi connectivity index (χ2n) is 5.71. The van der Waals surface area contributed by atoms with E-state index in [9.17, 15) is 0 Å². The van der Waals surface area contributed by atoms with Gasteiger partial charge in [-0.3, -0.25) is 0 Å². The lowest BCUT2D eigenvalue weighted by Gasteiger charge is -2.28. The highest BCUT2D eigenvalue weighted by Gasteiger charge is 2.19. The van der Waals surface area contributed by atoms with Gasteiger partial charge in [0.2, 0.25) is 0 Å². The molecule has 0 aromatic heterocycles. The van der Waals surface area contributed by atoms with E-state index in [2.05, 4.69) is 45.1 Å². The predicted octanol–water partition coefficient (Wildman–Crippen LogP) is 3.94. The summed E-state index contributed by atoms with van der Waals surface area (Å²) >= 11 is 0. The fraction of sp³-hybridized carbons (Fsp3) is 0.647. The number of hydrogen-bond donors (Lipinski definition) is 1. The molecule has 114 valence electrons. The van der Waals surface area contributed by atoms with Crippen LogP contribution in [-0.2, 0) is 4.74 Å². The molecule has 1 rings (SSSR count). The first-order valence-electron chi connectivity index (χ1n) is 7.53. The Morgan fingerprint density at radius 1 is 1.25 bits per heavy atom. The lowest BCUT2D eigenvalue weighted by atomic mass is 10.0. The average molecular weight is 279 g/mol. The molecular weight excluding hydrogens is 250 g/mol. The lowest BCUT2D eigenvalue weighted by molar-refractivity contribution is -0.0307. The number of nitrogens with one attached hydrogen (secondary N) is 1. The maximum Gasteiger partial charge on any atom is 0.119 e. The van der Waals surface area contributed by atoms with Crippen molar-refractivity contribution in [2.45, 2.75) is 52.2 Å². The SMILES string of the molecule is CCCNC(COC(C)(C)CC)c1cccc(OC)c1. The van der Waals surface area contributed by atoms with Gasteiger partial charge in [-0.15, -0.1) is 0 Å². The van der Waals surface area contributed by atoms with Gasteiger partial charge >= 0.3 is 0 Å². The van der Waals surface area contributed by atoms with Crippen molar-refractivity contribution < 1.29 is 9.47 Å². The van der Waals surface area contributed by atoms with E-state index in [1.807, 2.05) is 12.1 Å². The first-order valence-corrected chi connectivity index (χ1v) is 7.53. The zero-order valence-electron chi connectivity index (χ0n) is 13.5. The molecule has 0 aliphatic heterocycles. The van der Waals surface area contributed by atoms with Gasteiger partial charge in [-0.2, -0.15) is 0 Å². The molecule has 0 fully saturated rings. The molecule has 0 bridgehead atoms. The second kappa shape index (κ2) is 8.28. The standard InChI is InChI=1S/C17H29NO2/c1-6-11-18-16(13-20-17(3,4)7-2)14-9-8-10-15(12-14)19-5/h8-10,12,16,18H,6-7,11,13H2,1-5H3. The Hall–Kier alpha value is -1.06. The van der Waals surface area contributed by atoms with Gasteiger partial charge in [0.15, 0.2) is 0 Å². The lowest BCUT2D eigenvalue weighted by Crippen LogP contribution is -2.32. The van der Waals surface area contributed by atoms with Crippen LogP contribution in [0.1, 0.15) is 52.1 Å². The van der Waals surface area contributed by atoms with E-state index in [0.717, 1.165) is 25.1 Å². The summed E-state index contributed by atoms with van der Waals surface area (Å²) in [6.07, 6.45) is 2.11. The third kappa shape index (κ3) is 5.51. The molecule has 0 saturated carbocycles. The highest BCUT2D eigenvalue weighted by atomic mass is 16.5. The fourth-order valence-electron chi connectivity index (χ4n) is 1.86. The summed E-state index contributed by atoms with van der Waals surface area (Å²) in [6.45, 7) is 10.3. The maximum atomic E-state index is 6.06. The maximum absolute atomic E-state index is 6.06. The molecule has 1 unspecified atom stereocenters. The van der Waals surface area contributed by atoms with E-state index in [1.54, 1.807) is 7.11 Å². The van der Waals surface area contributed by atoms with Gasteiger partial charge in [-0.1, -0.05) is 26.0 Å².